The molecule has 3 heterocycles. The summed E-state index contributed by atoms with van der Waals surface area (Å²) in [6, 6.07) is 6.16. The average molecular weight is 391 g/mol. The van der Waals surface area contributed by atoms with Crippen molar-refractivity contribution in [1.29, 1.82) is 0 Å². The second kappa shape index (κ2) is 9.39. The number of aliphatic hydroxyl groups is 1. The van der Waals surface area contributed by atoms with Gasteiger partial charge in [0.25, 0.3) is 0 Å². The Morgan fingerprint density at radius 3 is 2.85 bits per heavy atom. The van der Waals surface area contributed by atoms with Crippen LogP contribution in [-0.2, 0) is 12.1 Å². The van der Waals surface area contributed by atoms with Crippen molar-refractivity contribution in [1.82, 2.24) is 15.5 Å². The first-order chi connectivity index (χ1) is 13.1. The zero-order chi connectivity index (χ0) is 19.1. The van der Waals surface area contributed by atoms with Crippen LogP contribution in [0.2, 0.25) is 0 Å². The lowest BCUT2D eigenvalue weighted by molar-refractivity contribution is 0.0436. The van der Waals surface area contributed by atoms with Gasteiger partial charge in [0.15, 0.2) is 5.96 Å². The summed E-state index contributed by atoms with van der Waals surface area (Å²) in [6.07, 6.45) is 3.74. The molecule has 2 aromatic heterocycles. The molecule has 0 bridgehead atoms. The maximum Gasteiger partial charge on any atom is 0.191 e. The Balaban J connectivity index is 1.51. The van der Waals surface area contributed by atoms with Crippen molar-refractivity contribution in [2.24, 2.45) is 4.99 Å². The van der Waals surface area contributed by atoms with Crippen molar-refractivity contribution in [3.63, 3.8) is 0 Å². The van der Waals surface area contributed by atoms with Gasteiger partial charge in [-0.15, -0.1) is 0 Å². The van der Waals surface area contributed by atoms with Crippen LogP contribution >= 0.6 is 11.3 Å². The summed E-state index contributed by atoms with van der Waals surface area (Å²) < 4.78 is 5.33. The number of likely N-dealkylation sites (tertiary alicyclic amines) is 1. The second-order valence-electron chi connectivity index (χ2n) is 7.27. The van der Waals surface area contributed by atoms with Crippen molar-refractivity contribution in [2.75, 3.05) is 26.2 Å². The van der Waals surface area contributed by atoms with E-state index in [1.807, 2.05) is 6.92 Å². The predicted molar refractivity (Wildman–Crippen MR) is 110 cm³/mol. The minimum Gasteiger partial charge on any atom is -0.466 e. The minimum absolute atomic E-state index is 0.243. The molecule has 2 aromatic rings. The minimum atomic E-state index is -1.12. The van der Waals surface area contributed by atoms with E-state index in [-0.39, 0.29) is 6.54 Å². The van der Waals surface area contributed by atoms with Crippen molar-refractivity contribution < 1.29 is 9.52 Å². The predicted octanol–water partition coefficient (Wildman–Crippen LogP) is 2.77. The quantitative estimate of drug-likeness (QED) is 0.501. The molecule has 3 N–H and O–H groups in total. The van der Waals surface area contributed by atoms with Crippen molar-refractivity contribution in [2.45, 2.75) is 44.9 Å². The smallest absolute Gasteiger partial charge is 0.191 e. The fourth-order valence-electron chi connectivity index (χ4n) is 3.29. The number of furan rings is 1. The van der Waals surface area contributed by atoms with Crippen LogP contribution in [0.15, 0.2) is 44.6 Å². The molecule has 3 rings (SSSR count). The maximum atomic E-state index is 10.6. The maximum absolute atomic E-state index is 10.6. The molecule has 7 heteroatoms. The largest absolute Gasteiger partial charge is 0.466 e. The van der Waals surface area contributed by atoms with Gasteiger partial charge in [-0.25, -0.2) is 4.99 Å². The Labute approximate surface area is 165 Å². The molecule has 1 fully saturated rings. The zero-order valence-corrected chi connectivity index (χ0v) is 17.0. The lowest BCUT2D eigenvalue weighted by atomic mass is 10.0. The van der Waals surface area contributed by atoms with E-state index in [0.717, 1.165) is 45.0 Å². The summed E-state index contributed by atoms with van der Waals surface area (Å²) in [6.45, 7) is 8.00. The number of aliphatic imine (C=N–C) groups is 1. The summed E-state index contributed by atoms with van der Waals surface area (Å²) in [5.41, 5.74) is 0.289. The molecule has 148 valence electrons. The molecule has 1 aliphatic rings. The van der Waals surface area contributed by atoms with Crippen molar-refractivity contribution in [3.05, 3.63) is 46.5 Å². The van der Waals surface area contributed by atoms with E-state index in [0.29, 0.717) is 11.8 Å². The van der Waals surface area contributed by atoms with Crippen LogP contribution in [0.5, 0.6) is 0 Å². The van der Waals surface area contributed by atoms with Crippen LogP contribution in [-0.4, -0.2) is 48.2 Å². The average Bonchev–Trinajstić information content (AvgIpc) is 3.36. The van der Waals surface area contributed by atoms with Crippen LogP contribution in [0.1, 0.15) is 38.0 Å². The highest BCUT2D eigenvalue weighted by atomic mass is 32.1. The molecule has 0 aliphatic carbocycles. The molecule has 0 amide bonds. The monoisotopic (exact) mass is 390 g/mol. The highest BCUT2D eigenvalue weighted by molar-refractivity contribution is 7.07. The van der Waals surface area contributed by atoms with Crippen molar-refractivity contribution >= 4 is 17.3 Å². The lowest BCUT2D eigenvalue weighted by Gasteiger charge is -2.33. The van der Waals surface area contributed by atoms with Crippen LogP contribution in [0.4, 0.5) is 0 Å². The molecule has 0 saturated carbocycles. The Hall–Kier alpha value is -1.83. The second-order valence-corrected chi connectivity index (χ2v) is 8.05. The summed E-state index contributed by atoms with van der Waals surface area (Å²) >= 11 is 1.76. The number of nitrogens with zero attached hydrogens (tertiary/aromatic N) is 2. The Morgan fingerprint density at radius 2 is 2.22 bits per heavy atom. The molecule has 0 radical (unpaired) electrons. The van der Waals surface area contributed by atoms with E-state index >= 15 is 0 Å². The standard InChI is InChI=1S/C20H30N4O2S/c1-3-21-19(22-15-20(2,25)18-5-4-11-26-18)23-17-6-9-24(10-7-17)13-16-8-12-27-14-16/h4-5,8,11-12,14,17,25H,3,6-7,9-10,13,15H2,1-2H3,(H2,21,22,23). The van der Waals surface area contributed by atoms with Gasteiger partial charge in [0.2, 0.25) is 0 Å². The first-order valence-electron chi connectivity index (χ1n) is 9.61. The van der Waals surface area contributed by atoms with Crippen LogP contribution in [0.3, 0.4) is 0 Å². The van der Waals surface area contributed by atoms with Gasteiger partial charge in [0.1, 0.15) is 11.4 Å². The number of guanidine groups is 1. The molecule has 27 heavy (non-hydrogen) atoms. The normalized spacial score (nSPS) is 19.0. The lowest BCUT2D eigenvalue weighted by Crippen LogP contribution is -2.48. The topological polar surface area (TPSA) is 73.0 Å². The van der Waals surface area contributed by atoms with Crippen molar-refractivity contribution in [3.8, 4) is 0 Å². The third kappa shape index (κ3) is 5.82. The number of hydrogen-bond donors (Lipinski definition) is 3. The van der Waals surface area contributed by atoms with Gasteiger partial charge in [0, 0.05) is 32.2 Å². The number of nitrogens with one attached hydrogen (secondary N) is 2. The highest BCUT2D eigenvalue weighted by Gasteiger charge is 2.26. The van der Waals surface area contributed by atoms with E-state index < -0.39 is 5.60 Å². The van der Waals surface area contributed by atoms with E-state index in [1.165, 1.54) is 5.56 Å². The third-order valence-corrected chi connectivity index (χ3v) is 5.59. The summed E-state index contributed by atoms with van der Waals surface area (Å²) in [5.74, 6) is 1.28. The Kier molecular flexibility index (Phi) is 6.93. The Bertz CT molecular complexity index is 690. The van der Waals surface area contributed by atoms with Gasteiger partial charge < -0.3 is 20.2 Å². The molecular formula is C20H30N4O2S. The molecule has 6 nitrogen and oxygen atoms in total. The fraction of sp³-hybridized carbons (Fsp3) is 0.550. The molecule has 1 saturated heterocycles. The summed E-state index contributed by atoms with van der Waals surface area (Å²) in [7, 11) is 0. The van der Waals surface area contributed by atoms with Gasteiger partial charge in [0.05, 0.1) is 12.8 Å². The van der Waals surface area contributed by atoms with Gasteiger partial charge in [-0.05, 0) is 61.2 Å². The fourth-order valence-corrected chi connectivity index (χ4v) is 3.95. The highest BCUT2D eigenvalue weighted by Crippen LogP contribution is 2.21. The Morgan fingerprint density at radius 1 is 1.41 bits per heavy atom. The van der Waals surface area contributed by atoms with Crippen LogP contribution < -0.4 is 10.6 Å². The van der Waals surface area contributed by atoms with E-state index in [4.69, 9.17) is 4.42 Å². The number of rotatable bonds is 7. The summed E-state index contributed by atoms with van der Waals surface area (Å²) in [5, 5.41) is 21.8. The van der Waals surface area contributed by atoms with Gasteiger partial charge >= 0.3 is 0 Å². The van der Waals surface area contributed by atoms with E-state index in [1.54, 1.807) is 36.7 Å². The number of thiophene rings is 1. The SMILES string of the molecule is CCNC(=NCC(C)(O)c1ccco1)NC1CCN(Cc2ccsc2)CC1. The van der Waals surface area contributed by atoms with Crippen LogP contribution in [0.25, 0.3) is 0 Å². The van der Waals surface area contributed by atoms with E-state index in [2.05, 4.69) is 37.4 Å². The molecular weight excluding hydrogens is 360 g/mol. The zero-order valence-electron chi connectivity index (χ0n) is 16.1. The molecule has 1 unspecified atom stereocenters. The van der Waals surface area contributed by atoms with E-state index in [9.17, 15) is 5.11 Å². The van der Waals surface area contributed by atoms with Crippen LogP contribution in [0, 0.1) is 0 Å². The number of piperidine rings is 1. The first-order valence-corrected chi connectivity index (χ1v) is 10.6. The molecule has 1 aliphatic heterocycles. The van der Waals surface area contributed by atoms with Gasteiger partial charge in [-0.3, -0.25) is 4.90 Å². The third-order valence-electron chi connectivity index (χ3n) is 4.86. The molecule has 1 atom stereocenters. The molecule has 0 aromatic carbocycles. The first kappa shape index (κ1) is 19.9. The number of hydrogen-bond acceptors (Lipinski definition) is 5. The van der Waals surface area contributed by atoms with Gasteiger partial charge in [-0.1, -0.05) is 0 Å². The van der Waals surface area contributed by atoms with Gasteiger partial charge in [-0.2, -0.15) is 11.3 Å². The molecule has 0 spiro atoms. The summed E-state index contributed by atoms with van der Waals surface area (Å²) in [4.78, 5) is 7.09.